The van der Waals surface area contributed by atoms with E-state index >= 15 is 0 Å². The Morgan fingerprint density at radius 1 is 1.31 bits per heavy atom. The van der Waals surface area contributed by atoms with Crippen molar-refractivity contribution >= 4 is 5.82 Å². The van der Waals surface area contributed by atoms with Crippen LogP contribution in [0.15, 0.2) is 6.07 Å². The fourth-order valence-corrected chi connectivity index (χ4v) is 1.67. The Kier molecular flexibility index (Phi) is 5.19. The third-order valence-electron chi connectivity index (χ3n) is 2.28. The molecule has 0 aliphatic rings. The van der Waals surface area contributed by atoms with Gasteiger partial charge >= 0.3 is 0 Å². The summed E-state index contributed by atoms with van der Waals surface area (Å²) in [5, 5.41) is 3.22. The lowest BCUT2D eigenvalue weighted by molar-refractivity contribution is 0.319. The zero-order chi connectivity index (χ0) is 12.0. The van der Waals surface area contributed by atoms with E-state index in [1.807, 2.05) is 13.0 Å². The molecule has 1 heterocycles. The molecule has 1 N–H and O–H groups in total. The predicted octanol–water partition coefficient (Wildman–Crippen LogP) is 2.06. The predicted molar refractivity (Wildman–Crippen MR) is 67.6 cm³/mol. The van der Waals surface area contributed by atoms with Crippen LogP contribution in [0.3, 0.4) is 0 Å². The maximum absolute atomic E-state index is 4.48. The first-order chi connectivity index (χ1) is 7.65. The largest absolute Gasteiger partial charge is 0.370 e. The Morgan fingerprint density at radius 3 is 2.69 bits per heavy atom. The van der Waals surface area contributed by atoms with Crippen LogP contribution >= 0.6 is 0 Å². The average Bonchev–Trinajstić information content (AvgIpc) is 2.17. The highest BCUT2D eigenvalue weighted by Crippen LogP contribution is 2.07. The summed E-state index contributed by atoms with van der Waals surface area (Å²) in [5.74, 6) is 1.82. The van der Waals surface area contributed by atoms with Gasteiger partial charge in [-0.15, -0.1) is 0 Å². The summed E-state index contributed by atoms with van der Waals surface area (Å²) >= 11 is 0. The summed E-state index contributed by atoms with van der Waals surface area (Å²) in [7, 11) is 2.10. The molecule has 0 unspecified atom stereocenters. The third kappa shape index (κ3) is 4.14. The van der Waals surface area contributed by atoms with Gasteiger partial charge in [-0.25, -0.2) is 9.97 Å². The number of hydrogen-bond donors (Lipinski definition) is 1. The van der Waals surface area contributed by atoms with Crippen LogP contribution in [0.5, 0.6) is 0 Å². The monoisotopic (exact) mass is 222 g/mol. The van der Waals surface area contributed by atoms with Crippen molar-refractivity contribution in [3.05, 3.63) is 17.6 Å². The molecule has 1 rings (SSSR count). The molecule has 0 aromatic carbocycles. The average molecular weight is 222 g/mol. The van der Waals surface area contributed by atoms with E-state index in [0.717, 1.165) is 43.4 Å². The first-order valence-electron chi connectivity index (χ1n) is 5.92. The molecule has 0 aliphatic carbocycles. The third-order valence-corrected chi connectivity index (χ3v) is 2.28. The molecule has 0 atom stereocenters. The first kappa shape index (κ1) is 12.9. The van der Waals surface area contributed by atoms with E-state index in [4.69, 9.17) is 0 Å². The summed E-state index contributed by atoms with van der Waals surface area (Å²) in [4.78, 5) is 11.2. The van der Waals surface area contributed by atoms with Crippen LogP contribution in [0.4, 0.5) is 5.82 Å². The van der Waals surface area contributed by atoms with Crippen LogP contribution in [0.2, 0.25) is 0 Å². The fraction of sp³-hybridized carbons (Fsp3) is 0.667. The standard InChI is InChI=1S/C12H22N4/c1-5-7-16(4)9-12-14-10(3)8-11(15-12)13-6-2/h8H,5-7,9H2,1-4H3,(H,13,14,15). The van der Waals surface area contributed by atoms with Gasteiger partial charge in [0.25, 0.3) is 0 Å². The lowest BCUT2D eigenvalue weighted by Gasteiger charge is -2.15. The van der Waals surface area contributed by atoms with E-state index in [1.165, 1.54) is 0 Å². The van der Waals surface area contributed by atoms with E-state index in [1.54, 1.807) is 0 Å². The molecule has 1 aromatic rings. The molecule has 0 radical (unpaired) electrons. The van der Waals surface area contributed by atoms with Crippen LogP contribution in [-0.4, -0.2) is 35.0 Å². The SMILES string of the molecule is CCCN(C)Cc1nc(C)cc(NCC)n1. The number of aromatic nitrogens is 2. The van der Waals surface area contributed by atoms with E-state index < -0.39 is 0 Å². The summed E-state index contributed by atoms with van der Waals surface area (Å²) in [6.07, 6.45) is 1.16. The summed E-state index contributed by atoms with van der Waals surface area (Å²) in [5.41, 5.74) is 1.02. The number of nitrogens with zero attached hydrogens (tertiary/aromatic N) is 3. The summed E-state index contributed by atoms with van der Waals surface area (Å²) < 4.78 is 0. The molecule has 90 valence electrons. The number of rotatable bonds is 6. The van der Waals surface area contributed by atoms with Crippen molar-refractivity contribution < 1.29 is 0 Å². The fourth-order valence-electron chi connectivity index (χ4n) is 1.67. The minimum atomic E-state index is 0.813. The molecule has 0 saturated carbocycles. The molecular weight excluding hydrogens is 200 g/mol. The maximum Gasteiger partial charge on any atom is 0.144 e. The number of nitrogens with one attached hydrogen (secondary N) is 1. The van der Waals surface area contributed by atoms with Crippen LogP contribution in [0, 0.1) is 6.92 Å². The Balaban J connectivity index is 2.71. The van der Waals surface area contributed by atoms with Crippen molar-refractivity contribution in [3.63, 3.8) is 0 Å². The zero-order valence-electron chi connectivity index (χ0n) is 10.7. The van der Waals surface area contributed by atoms with Crippen molar-refractivity contribution in [1.82, 2.24) is 14.9 Å². The van der Waals surface area contributed by atoms with Gasteiger partial charge in [-0.1, -0.05) is 6.92 Å². The maximum atomic E-state index is 4.48. The highest BCUT2D eigenvalue weighted by molar-refractivity contribution is 5.35. The molecule has 16 heavy (non-hydrogen) atoms. The van der Waals surface area contributed by atoms with Gasteiger partial charge in [0.1, 0.15) is 11.6 Å². The van der Waals surface area contributed by atoms with Gasteiger partial charge in [0.15, 0.2) is 0 Å². The topological polar surface area (TPSA) is 41.1 Å². The van der Waals surface area contributed by atoms with Gasteiger partial charge in [-0.05, 0) is 33.9 Å². The molecule has 0 bridgehead atoms. The lowest BCUT2D eigenvalue weighted by atomic mass is 10.3. The van der Waals surface area contributed by atoms with Gasteiger partial charge in [0.05, 0.1) is 6.54 Å². The molecule has 1 aromatic heterocycles. The Labute approximate surface area is 98.1 Å². The normalized spacial score (nSPS) is 10.8. The van der Waals surface area contributed by atoms with E-state index in [2.05, 4.69) is 41.1 Å². The van der Waals surface area contributed by atoms with Gasteiger partial charge < -0.3 is 5.32 Å². The molecule has 0 amide bonds. The second kappa shape index (κ2) is 6.43. The van der Waals surface area contributed by atoms with Gasteiger partial charge in [-0.2, -0.15) is 0 Å². The number of aryl methyl sites for hydroxylation is 1. The highest BCUT2D eigenvalue weighted by atomic mass is 15.1. The minimum Gasteiger partial charge on any atom is -0.370 e. The lowest BCUT2D eigenvalue weighted by Crippen LogP contribution is -2.20. The summed E-state index contributed by atoms with van der Waals surface area (Å²) in [6, 6.07) is 1.98. The van der Waals surface area contributed by atoms with E-state index in [-0.39, 0.29) is 0 Å². The van der Waals surface area contributed by atoms with Crippen molar-refractivity contribution in [2.24, 2.45) is 0 Å². The van der Waals surface area contributed by atoms with Crippen molar-refractivity contribution in [1.29, 1.82) is 0 Å². The Hall–Kier alpha value is -1.16. The quantitative estimate of drug-likeness (QED) is 0.800. The van der Waals surface area contributed by atoms with Crippen molar-refractivity contribution in [3.8, 4) is 0 Å². The van der Waals surface area contributed by atoms with E-state index in [0.29, 0.717) is 0 Å². The van der Waals surface area contributed by atoms with Gasteiger partial charge in [0.2, 0.25) is 0 Å². The van der Waals surface area contributed by atoms with Crippen LogP contribution in [-0.2, 0) is 6.54 Å². The van der Waals surface area contributed by atoms with Crippen LogP contribution in [0.1, 0.15) is 31.8 Å². The van der Waals surface area contributed by atoms with Crippen molar-refractivity contribution in [2.75, 3.05) is 25.5 Å². The molecule has 0 spiro atoms. The minimum absolute atomic E-state index is 0.813. The molecule has 0 aliphatic heterocycles. The Morgan fingerprint density at radius 2 is 2.06 bits per heavy atom. The number of anilines is 1. The highest BCUT2D eigenvalue weighted by Gasteiger charge is 2.04. The molecule has 4 nitrogen and oxygen atoms in total. The Bertz CT molecular complexity index is 325. The zero-order valence-corrected chi connectivity index (χ0v) is 10.7. The van der Waals surface area contributed by atoms with Crippen molar-refractivity contribution in [2.45, 2.75) is 33.7 Å². The number of hydrogen-bond acceptors (Lipinski definition) is 4. The smallest absolute Gasteiger partial charge is 0.144 e. The second-order valence-electron chi connectivity index (χ2n) is 4.08. The first-order valence-corrected chi connectivity index (χ1v) is 5.92. The van der Waals surface area contributed by atoms with Crippen LogP contribution in [0.25, 0.3) is 0 Å². The molecule has 0 fully saturated rings. The second-order valence-corrected chi connectivity index (χ2v) is 4.08. The van der Waals surface area contributed by atoms with E-state index in [9.17, 15) is 0 Å². The molecule has 4 heteroatoms. The van der Waals surface area contributed by atoms with Gasteiger partial charge in [0, 0.05) is 18.3 Å². The molecular formula is C12H22N4. The molecule has 0 saturated heterocycles. The van der Waals surface area contributed by atoms with Crippen LogP contribution < -0.4 is 5.32 Å². The summed E-state index contributed by atoms with van der Waals surface area (Å²) in [6.45, 7) is 9.03. The van der Waals surface area contributed by atoms with Gasteiger partial charge in [-0.3, -0.25) is 4.90 Å².